The number of anilines is 1. The summed E-state index contributed by atoms with van der Waals surface area (Å²) in [4.78, 5) is 27.5. The lowest BCUT2D eigenvalue weighted by molar-refractivity contribution is 0.0574. The summed E-state index contributed by atoms with van der Waals surface area (Å²) < 4.78 is 12.8. The fraction of sp³-hybridized carbons (Fsp3) is 0.655. The Hall–Kier alpha value is -2.76. The quantitative estimate of drug-likeness (QED) is 0.441. The molecule has 3 aliphatic rings. The molecule has 0 radical (unpaired) electrons. The van der Waals surface area contributed by atoms with Crippen molar-refractivity contribution >= 4 is 33.5 Å². The van der Waals surface area contributed by atoms with Crippen molar-refractivity contribution in [2.75, 3.05) is 51.3 Å². The Morgan fingerprint density at radius 3 is 2.60 bits per heavy atom. The van der Waals surface area contributed by atoms with Gasteiger partial charge in [-0.05, 0) is 68.9 Å². The highest BCUT2D eigenvalue weighted by molar-refractivity contribution is 7.17. The number of hydrogen-bond acceptors (Lipinski definition) is 9. The van der Waals surface area contributed by atoms with Gasteiger partial charge < -0.3 is 19.7 Å². The Kier molecular flexibility index (Phi) is 8.50. The molecule has 0 aromatic carbocycles. The van der Waals surface area contributed by atoms with Crippen LogP contribution in [0.5, 0.6) is 0 Å². The van der Waals surface area contributed by atoms with Crippen molar-refractivity contribution in [3.05, 3.63) is 34.7 Å². The van der Waals surface area contributed by atoms with Gasteiger partial charge in [0.1, 0.15) is 16.5 Å². The van der Waals surface area contributed by atoms with Crippen molar-refractivity contribution in [3.8, 4) is 0 Å². The van der Waals surface area contributed by atoms with E-state index in [1.807, 2.05) is 18.0 Å². The van der Waals surface area contributed by atoms with Gasteiger partial charge in [-0.2, -0.15) is 5.10 Å². The van der Waals surface area contributed by atoms with Crippen LogP contribution in [0.2, 0.25) is 0 Å². The first kappa shape index (κ1) is 27.4. The Bertz CT molecular complexity index is 1290. The van der Waals surface area contributed by atoms with Crippen LogP contribution in [0.15, 0.2) is 17.8 Å². The Morgan fingerprint density at radius 2 is 1.85 bits per heavy atom. The number of ether oxygens (including phenoxy) is 2. The van der Waals surface area contributed by atoms with E-state index in [4.69, 9.17) is 19.4 Å². The maximum absolute atomic E-state index is 12.0. The first-order chi connectivity index (χ1) is 19.6. The summed E-state index contributed by atoms with van der Waals surface area (Å²) in [6, 6.07) is 1.40. The SMILES string of the molecule is CCOC(=O)N1CCN(C2CCC(Nc3nc(Cc4cnn(C5CCOCC5)c4)nc4scc(C)c34)CC2)CC1. The maximum Gasteiger partial charge on any atom is 0.409 e. The van der Waals surface area contributed by atoms with E-state index in [9.17, 15) is 4.79 Å². The van der Waals surface area contributed by atoms with E-state index >= 15 is 0 Å². The number of piperazine rings is 1. The molecule has 5 heterocycles. The zero-order chi connectivity index (χ0) is 27.5. The third-order valence-electron chi connectivity index (χ3n) is 8.64. The molecule has 216 valence electrons. The highest BCUT2D eigenvalue weighted by Gasteiger charge is 2.30. The van der Waals surface area contributed by atoms with Gasteiger partial charge in [0.25, 0.3) is 0 Å². The van der Waals surface area contributed by atoms with Crippen molar-refractivity contribution in [1.82, 2.24) is 29.5 Å². The number of hydrogen-bond donors (Lipinski definition) is 1. The second kappa shape index (κ2) is 12.4. The van der Waals surface area contributed by atoms with Gasteiger partial charge in [0.15, 0.2) is 0 Å². The van der Waals surface area contributed by atoms with E-state index in [2.05, 4.69) is 38.5 Å². The lowest BCUT2D eigenvalue weighted by Gasteiger charge is -2.41. The predicted molar refractivity (Wildman–Crippen MR) is 156 cm³/mol. The lowest BCUT2D eigenvalue weighted by atomic mass is 9.89. The van der Waals surface area contributed by atoms with Crippen LogP contribution in [0.4, 0.5) is 10.6 Å². The molecule has 2 aliphatic heterocycles. The molecular formula is C29H41N7O3S. The first-order valence-corrected chi connectivity index (χ1v) is 15.7. The van der Waals surface area contributed by atoms with E-state index in [1.54, 1.807) is 11.3 Å². The molecular weight excluding hydrogens is 526 g/mol. The first-order valence-electron chi connectivity index (χ1n) is 14.8. The minimum atomic E-state index is -0.178. The van der Waals surface area contributed by atoms with Crippen LogP contribution in [0.1, 0.15) is 68.4 Å². The molecule has 3 fully saturated rings. The van der Waals surface area contributed by atoms with Crippen LogP contribution in [-0.4, -0.2) is 93.7 Å². The Balaban J connectivity index is 1.08. The second-order valence-corrected chi connectivity index (χ2v) is 12.2. The molecule has 1 amide bonds. The summed E-state index contributed by atoms with van der Waals surface area (Å²) in [7, 11) is 0. The summed E-state index contributed by atoms with van der Waals surface area (Å²) in [5.41, 5.74) is 2.38. The van der Waals surface area contributed by atoms with Crippen LogP contribution in [0.25, 0.3) is 10.2 Å². The monoisotopic (exact) mass is 567 g/mol. The smallest absolute Gasteiger partial charge is 0.409 e. The number of aromatic nitrogens is 4. The zero-order valence-corrected chi connectivity index (χ0v) is 24.5. The van der Waals surface area contributed by atoms with Gasteiger partial charge in [0.2, 0.25) is 0 Å². The Morgan fingerprint density at radius 1 is 1.07 bits per heavy atom. The molecule has 40 heavy (non-hydrogen) atoms. The molecule has 10 nitrogen and oxygen atoms in total. The standard InChI is InChI=1S/C29H41N7O3S/c1-3-39-29(37)35-12-10-34(11-13-35)23-6-4-22(5-7-23)31-27-26-20(2)19-40-28(26)33-25(32-27)16-21-17-30-36(18-21)24-8-14-38-15-9-24/h17-19,22-24H,3-16H2,1-2H3,(H,31,32,33). The van der Waals surface area contributed by atoms with Crippen molar-refractivity contribution in [3.63, 3.8) is 0 Å². The summed E-state index contributed by atoms with van der Waals surface area (Å²) in [6.07, 6.45) is 11.2. The van der Waals surface area contributed by atoms with Gasteiger partial charge in [-0.25, -0.2) is 14.8 Å². The number of rotatable bonds is 7. The number of amides is 1. The van der Waals surface area contributed by atoms with E-state index in [1.165, 1.54) is 5.56 Å². The van der Waals surface area contributed by atoms with Crippen molar-refractivity contribution in [1.29, 1.82) is 0 Å². The van der Waals surface area contributed by atoms with Crippen LogP contribution in [0, 0.1) is 6.92 Å². The normalized spacial score (nSPS) is 23.0. The molecule has 0 atom stereocenters. The lowest BCUT2D eigenvalue weighted by Crippen LogP contribution is -2.53. The van der Waals surface area contributed by atoms with Crippen LogP contribution < -0.4 is 5.32 Å². The molecule has 1 saturated carbocycles. The van der Waals surface area contributed by atoms with Gasteiger partial charge in [0, 0.05) is 64.1 Å². The van der Waals surface area contributed by atoms with Gasteiger partial charge in [-0.1, -0.05) is 0 Å². The molecule has 6 rings (SSSR count). The second-order valence-electron chi connectivity index (χ2n) is 11.3. The minimum Gasteiger partial charge on any atom is -0.450 e. The summed E-state index contributed by atoms with van der Waals surface area (Å²) in [6.45, 7) is 9.42. The predicted octanol–water partition coefficient (Wildman–Crippen LogP) is 4.64. The van der Waals surface area contributed by atoms with Crippen LogP contribution in [-0.2, 0) is 15.9 Å². The van der Waals surface area contributed by atoms with E-state index in [0.29, 0.717) is 31.2 Å². The average Bonchev–Trinajstić information content (AvgIpc) is 3.61. The molecule has 0 spiro atoms. The number of nitrogens with zero attached hydrogens (tertiary/aromatic N) is 6. The average molecular weight is 568 g/mol. The van der Waals surface area contributed by atoms with Crippen LogP contribution in [0.3, 0.4) is 0 Å². The van der Waals surface area contributed by atoms with Crippen molar-refractivity contribution < 1.29 is 14.3 Å². The minimum absolute atomic E-state index is 0.178. The summed E-state index contributed by atoms with van der Waals surface area (Å²) in [5.74, 6) is 1.82. The fourth-order valence-corrected chi connectivity index (χ4v) is 7.32. The number of thiophene rings is 1. The van der Waals surface area contributed by atoms with E-state index in [0.717, 1.165) is 105 Å². The molecule has 0 unspecified atom stereocenters. The number of nitrogens with one attached hydrogen (secondary N) is 1. The number of carbonyl (C=O) groups is 1. The van der Waals surface area contributed by atoms with Gasteiger partial charge >= 0.3 is 6.09 Å². The van der Waals surface area contributed by atoms with E-state index in [-0.39, 0.29) is 6.09 Å². The maximum atomic E-state index is 12.0. The van der Waals surface area contributed by atoms with Crippen LogP contribution >= 0.6 is 11.3 Å². The summed E-state index contributed by atoms with van der Waals surface area (Å²) >= 11 is 1.70. The molecule has 1 N–H and O–H groups in total. The van der Waals surface area contributed by atoms with Gasteiger partial charge in [-0.15, -0.1) is 11.3 Å². The van der Waals surface area contributed by atoms with Crippen molar-refractivity contribution in [2.24, 2.45) is 0 Å². The topological polar surface area (TPSA) is 97.6 Å². The highest BCUT2D eigenvalue weighted by Crippen LogP contribution is 2.33. The highest BCUT2D eigenvalue weighted by atomic mass is 32.1. The number of aryl methyl sites for hydroxylation is 1. The summed E-state index contributed by atoms with van der Waals surface area (Å²) in [5, 5.41) is 11.8. The zero-order valence-electron chi connectivity index (χ0n) is 23.7. The largest absolute Gasteiger partial charge is 0.450 e. The van der Waals surface area contributed by atoms with Gasteiger partial charge in [-0.3, -0.25) is 9.58 Å². The molecule has 0 bridgehead atoms. The molecule has 3 aromatic heterocycles. The fourth-order valence-electron chi connectivity index (χ4n) is 6.38. The molecule has 3 aromatic rings. The number of fused-ring (bicyclic) bond motifs is 1. The molecule has 11 heteroatoms. The number of carbonyl (C=O) groups excluding carboxylic acids is 1. The van der Waals surface area contributed by atoms with E-state index < -0.39 is 0 Å². The Labute approximate surface area is 240 Å². The third kappa shape index (κ3) is 6.11. The molecule has 1 aliphatic carbocycles. The van der Waals surface area contributed by atoms with Gasteiger partial charge in [0.05, 0.1) is 24.2 Å². The third-order valence-corrected chi connectivity index (χ3v) is 9.63. The molecule has 2 saturated heterocycles. The van der Waals surface area contributed by atoms with Crippen molar-refractivity contribution in [2.45, 2.75) is 76.9 Å².